The van der Waals surface area contributed by atoms with Crippen molar-refractivity contribution in [3.8, 4) is 11.5 Å². The van der Waals surface area contributed by atoms with Gasteiger partial charge in [0.1, 0.15) is 12.2 Å². The quantitative estimate of drug-likeness (QED) is 0.244. The number of guanidine groups is 1. The van der Waals surface area contributed by atoms with E-state index < -0.39 is 0 Å². The summed E-state index contributed by atoms with van der Waals surface area (Å²) in [6, 6.07) is 6.46. The number of nitrogens with zero attached hydrogens (tertiary/aromatic N) is 5. The summed E-state index contributed by atoms with van der Waals surface area (Å²) in [5, 5.41) is 15.2. The Morgan fingerprint density at radius 3 is 2.73 bits per heavy atom. The molecule has 1 saturated heterocycles. The van der Waals surface area contributed by atoms with Gasteiger partial charge in [-0.3, -0.25) is 4.90 Å². The largest absolute Gasteiger partial charge is 0.493 e. The lowest BCUT2D eigenvalue weighted by Crippen LogP contribution is -2.45. The molecule has 10 heteroatoms. The molecule has 1 atom stereocenters. The van der Waals surface area contributed by atoms with Crippen molar-refractivity contribution in [2.45, 2.75) is 52.2 Å². The first-order chi connectivity index (χ1) is 15.7. The van der Waals surface area contributed by atoms with Gasteiger partial charge in [-0.05, 0) is 43.6 Å². The van der Waals surface area contributed by atoms with E-state index in [2.05, 4.69) is 44.1 Å². The van der Waals surface area contributed by atoms with Gasteiger partial charge in [-0.25, -0.2) is 4.99 Å². The van der Waals surface area contributed by atoms with Gasteiger partial charge < -0.3 is 24.7 Å². The first kappa shape index (κ1) is 27.2. The number of aryl methyl sites for hydroxylation is 1. The average Bonchev–Trinajstić information content (AvgIpc) is 3.48. The van der Waals surface area contributed by atoms with Crippen LogP contribution in [-0.4, -0.2) is 72.1 Å². The Morgan fingerprint density at radius 1 is 1.18 bits per heavy atom. The number of hydrogen-bond acceptors (Lipinski definition) is 6. The Bertz CT molecular complexity index is 874. The number of hydrogen-bond donors (Lipinski definition) is 2. The zero-order valence-electron chi connectivity index (χ0n) is 20.2. The summed E-state index contributed by atoms with van der Waals surface area (Å²) in [6.45, 7) is 9.55. The Labute approximate surface area is 214 Å². The van der Waals surface area contributed by atoms with Crippen LogP contribution in [0.15, 0.2) is 29.5 Å². The van der Waals surface area contributed by atoms with E-state index >= 15 is 0 Å². The Morgan fingerprint density at radius 2 is 2.00 bits per heavy atom. The van der Waals surface area contributed by atoms with Crippen molar-refractivity contribution in [1.29, 1.82) is 0 Å². The molecule has 2 heterocycles. The van der Waals surface area contributed by atoms with Crippen LogP contribution in [0.4, 0.5) is 0 Å². The topological polar surface area (TPSA) is 88.8 Å². The molecule has 1 aromatic heterocycles. The summed E-state index contributed by atoms with van der Waals surface area (Å²) in [7, 11) is 3.29. The normalized spacial score (nSPS) is 16.4. The van der Waals surface area contributed by atoms with Gasteiger partial charge in [0.05, 0.1) is 20.8 Å². The molecule has 9 nitrogen and oxygen atoms in total. The van der Waals surface area contributed by atoms with Crippen LogP contribution in [0.1, 0.15) is 38.1 Å². The zero-order chi connectivity index (χ0) is 22.8. The highest BCUT2D eigenvalue weighted by atomic mass is 127. The minimum Gasteiger partial charge on any atom is -0.493 e. The second-order valence-electron chi connectivity index (χ2n) is 7.88. The molecule has 1 aliphatic heterocycles. The second-order valence-corrected chi connectivity index (χ2v) is 7.88. The molecule has 0 amide bonds. The highest BCUT2D eigenvalue weighted by Crippen LogP contribution is 2.27. The van der Waals surface area contributed by atoms with E-state index in [0.29, 0.717) is 18.3 Å². The van der Waals surface area contributed by atoms with Crippen LogP contribution >= 0.6 is 24.0 Å². The summed E-state index contributed by atoms with van der Waals surface area (Å²) >= 11 is 0. The fourth-order valence-electron chi connectivity index (χ4n) is 4.11. The Balaban J connectivity index is 0.00000385. The van der Waals surface area contributed by atoms with Crippen LogP contribution in [0, 0.1) is 0 Å². The predicted molar refractivity (Wildman–Crippen MR) is 142 cm³/mol. The monoisotopic (exact) mass is 571 g/mol. The van der Waals surface area contributed by atoms with Crippen LogP contribution in [0.25, 0.3) is 0 Å². The lowest BCUT2D eigenvalue weighted by atomic mass is 10.2. The van der Waals surface area contributed by atoms with Crippen LogP contribution in [0.5, 0.6) is 11.5 Å². The third-order valence-corrected chi connectivity index (χ3v) is 5.94. The number of rotatable bonds is 11. The third-order valence-electron chi connectivity index (χ3n) is 5.94. The van der Waals surface area contributed by atoms with Crippen molar-refractivity contribution in [2.24, 2.45) is 4.99 Å². The molecule has 1 aromatic carbocycles. The molecule has 0 spiro atoms. The summed E-state index contributed by atoms with van der Waals surface area (Å²) < 4.78 is 12.8. The Hall–Kier alpha value is -2.08. The molecule has 3 rings (SSSR count). The van der Waals surface area contributed by atoms with Gasteiger partial charge in [-0.2, -0.15) is 0 Å². The molecule has 184 valence electrons. The molecule has 0 radical (unpaired) electrons. The van der Waals surface area contributed by atoms with Gasteiger partial charge in [0.25, 0.3) is 0 Å². The van der Waals surface area contributed by atoms with Crippen molar-refractivity contribution < 1.29 is 9.47 Å². The minimum absolute atomic E-state index is 0. The number of halogens is 1. The maximum Gasteiger partial charge on any atom is 0.191 e. The van der Waals surface area contributed by atoms with Gasteiger partial charge in [-0.1, -0.05) is 19.9 Å². The highest BCUT2D eigenvalue weighted by Gasteiger charge is 2.22. The van der Waals surface area contributed by atoms with Crippen LogP contribution in [-0.2, 0) is 19.5 Å². The van der Waals surface area contributed by atoms with Gasteiger partial charge in [0.15, 0.2) is 17.5 Å². The van der Waals surface area contributed by atoms with Crippen LogP contribution < -0.4 is 20.1 Å². The molecule has 2 N–H and O–H groups in total. The van der Waals surface area contributed by atoms with Crippen molar-refractivity contribution in [2.75, 3.05) is 40.4 Å². The highest BCUT2D eigenvalue weighted by molar-refractivity contribution is 14.0. The first-order valence-electron chi connectivity index (χ1n) is 11.5. The second kappa shape index (κ2) is 14.2. The van der Waals surface area contributed by atoms with Crippen molar-refractivity contribution in [3.05, 3.63) is 35.9 Å². The van der Waals surface area contributed by atoms with Crippen molar-refractivity contribution in [3.63, 3.8) is 0 Å². The van der Waals surface area contributed by atoms with Gasteiger partial charge in [0, 0.05) is 32.1 Å². The molecule has 0 aliphatic carbocycles. The van der Waals surface area contributed by atoms with E-state index in [1.165, 1.54) is 19.4 Å². The third kappa shape index (κ3) is 7.73. The lowest BCUT2D eigenvalue weighted by molar-refractivity contribution is 0.267. The molecule has 1 unspecified atom stereocenters. The SMILES string of the molecule is CCc1nncn1CCNC(=NCc1ccc(OC)c(OC)c1)NCC1CCCN1CC.I. The molecule has 2 aromatic rings. The summed E-state index contributed by atoms with van der Waals surface area (Å²) in [5.41, 5.74) is 1.06. The van der Waals surface area contributed by atoms with E-state index in [0.717, 1.165) is 55.7 Å². The fourth-order valence-corrected chi connectivity index (χ4v) is 4.11. The van der Waals surface area contributed by atoms with E-state index in [-0.39, 0.29) is 24.0 Å². The number of nitrogens with one attached hydrogen (secondary N) is 2. The molecule has 0 bridgehead atoms. The fraction of sp³-hybridized carbons (Fsp3) is 0.609. The average molecular weight is 572 g/mol. The molecular formula is C23H38IN7O2. The molecule has 0 saturated carbocycles. The van der Waals surface area contributed by atoms with Gasteiger partial charge in [0.2, 0.25) is 0 Å². The van der Waals surface area contributed by atoms with Gasteiger partial charge in [-0.15, -0.1) is 34.2 Å². The van der Waals surface area contributed by atoms with Crippen LogP contribution in [0.2, 0.25) is 0 Å². The molecular weight excluding hydrogens is 533 g/mol. The summed E-state index contributed by atoms with van der Waals surface area (Å²) in [5.74, 6) is 3.24. The van der Waals surface area contributed by atoms with E-state index in [9.17, 15) is 0 Å². The minimum atomic E-state index is 0. The van der Waals surface area contributed by atoms with Crippen molar-refractivity contribution in [1.82, 2.24) is 30.3 Å². The molecule has 1 aliphatic rings. The number of ether oxygens (including phenoxy) is 2. The van der Waals surface area contributed by atoms with Gasteiger partial charge >= 0.3 is 0 Å². The zero-order valence-corrected chi connectivity index (χ0v) is 22.5. The summed E-state index contributed by atoms with van der Waals surface area (Å²) in [6.07, 6.45) is 5.14. The number of likely N-dealkylation sites (tertiary alicyclic amines) is 1. The standard InChI is InChI=1S/C23H37N7O2.HI/c1-5-22-28-27-17-30(22)13-11-24-23(26-16-19-8-7-12-29(19)6-2)25-15-18-9-10-20(31-3)21(14-18)32-4;/h9-10,14,17,19H,5-8,11-13,15-16H2,1-4H3,(H2,24,25,26);1H. The van der Waals surface area contributed by atoms with E-state index in [1.807, 2.05) is 18.2 Å². The van der Waals surface area contributed by atoms with Crippen LogP contribution in [0.3, 0.4) is 0 Å². The number of methoxy groups -OCH3 is 2. The number of benzene rings is 1. The predicted octanol–water partition coefficient (Wildman–Crippen LogP) is 2.70. The molecule has 33 heavy (non-hydrogen) atoms. The number of likely N-dealkylation sites (N-methyl/N-ethyl adjacent to an activating group) is 1. The first-order valence-corrected chi connectivity index (χ1v) is 11.5. The van der Waals surface area contributed by atoms with Crippen molar-refractivity contribution >= 4 is 29.9 Å². The maximum absolute atomic E-state index is 5.43. The van der Waals surface area contributed by atoms with E-state index in [4.69, 9.17) is 14.5 Å². The molecule has 1 fully saturated rings. The smallest absolute Gasteiger partial charge is 0.191 e. The lowest BCUT2D eigenvalue weighted by Gasteiger charge is -2.24. The Kier molecular flexibility index (Phi) is 11.7. The number of aliphatic imine (C=N–C) groups is 1. The van der Waals surface area contributed by atoms with E-state index in [1.54, 1.807) is 20.5 Å². The number of aromatic nitrogens is 3. The summed E-state index contributed by atoms with van der Waals surface area (Å²) in [4.78, 5) is 7.37. The maximum atomic E-state index is 5.43.